The second kappa shape index (κ2) is 8.00. The Morgan fingerprint density at radius 1 is 1.26 bits per heavy atom. The van der Waals surface area contributed by atoms with Gasteiger partial charge in [-0.05, 0) is 28.8 Å². The van der Waals surface area contributed by atoms with E-state index in [9.17, 15) is 13.8 Å². The average molecular weight is 362 g/mol. The molecule has 0 aromatic carbocycles. The molecule has 1 aliphatic rings. The van der Waals surface area contributed by atoms with E-state index in [4.69, 9.17) is 18.4 Å². The highest BCUT2D eigenvalue weighted by Crippen LogP contribution is 2.21. The third-order valence-electron chi connectivity index (χ3n) is 2.83. The molecule has 1 aliphatic heterocycles. The van der Waals surface area contributed by atoms with E-state index in [1.54, 1.807) is 11.3 Å². The lowest BCUT2D eigenvalue weighted by molar-refractivity contribution is -0.243. The molecule has 0 spiro atoms. The summed E-state index contributed by atoms with van der Waals surface area (Å²) >= 11 is -0.232. The van der Waals surface area contributed by atoms with E-state index in [-0.39, 0.29) is 12.4 Å². The van der Waals surface area contributed by atoms with E-state index in [0.717, 1.165) is 6.42 Å². The largest absolute Gasteiger partial charge is 0.421 e. The SMILES string of the molecule is CC1(C)OC(=O)C(OS(=O)CCOCCc2ccsc2)C(=O)O1. The first kappa shape index (κ1) is 18.1. The van der Waals surface area contributed by atoms with E-state index >= 15 is 0 Å². The summed E-state index contributed by atoms with van der Waals surface area (Å²) in [5.41, 5.74) is 1.18. The molecule has 2 heterocycles. The Bertz CT molecular complexity index is 548. The summed E-state index contributed by atoms with van der Waals surface area (Å²) in [6.07, 6.45) is -0.845. The van der Waals surface area contributed by atoms with Gasteiger partial charge in [-0.25, -0.2) is 13.8 Å². The number of cyclic esters (lactones) is 2. The Morgan fingerprint density at radius 2 is 1.96 bits per heavy atom. The van der Waals surface area contributed by atoms with E-state index in [1.807, 2.05) is 16.8 Å². The second-order valence-electron chi connectivity index (χ2n) is 5.22. The maximum atomic E-state index is 11.8. The Balaban J connectivity index is 1.66. The number of rotatable bonds is 8. The van der Waals surface area contributed by atoms with Crippen LogP contribution in [0, 0.1) is 0 Å². The van der Waals surface area contributed by atoms with Crippen molar-refractivity contribution in [3.8, 4) is 0 Å². The Kier molecular flexibility index (Phi) is 6.28. The summed E-state index contributed by atoms with van der Waals surface area (Å²) in [5, 5.41) is 4.02. The number of hydrogen-bond acceptors (Lipinski definition) is 8. The molecule has 1 fully saturated rings. The highest BCUT2D eigenvalue weighted by Gasteiger charge is 2.45. The number of thiophene rings is 1. The molecule has 1 atom stereocenters. The topological polar surface area (TPSA) is 88.1 Å². The number of carbonyl (C=O) groups is 2. The zero-order valence-corrected chi connectivity index (χ0v) is 14.4. The van der Waals surface area contributed by atoms with Gasteiger partial charge in [0.25, 0.3) is 11.9 Å². The van der Waals surface area contributed by atoms with Gasteiger partial charge in [0.05, 0.1) is 19.0 Å². The van der Waals surface area contributed by atoms with Crippen LogP contribution in [-0.4, -0.2) is 47.0 Å². The Hall–Kier alpha value is -1.29. The van der Waals surface area contributed by atoms with Gasteiger partial charge in [-0.15, -0.1) is 0 Å². The lowest BCUT2D eigenvalue weighted by Crippen LogP contribution is -2.50. The molecule has 0 aliphatic carbocycles. The zero-order valence-electron chi connectivity index (χ0n) is 12.8. The second-order valence-corrected chi connectivity index (χ2v) is 7.21. The van der Waals surface area contributed by atoms with E-state index < -0.39 is 34.9 Å². The molecule has 0 amide bonds. The van der Waals surface area contributed by atoms with E-state index in [1.165, 1.54) is 19.4 Å². The van der Waals surface area contributed by atoms with Gasteiger partial charge in [0, 0.05) is 13.8 Å². The Labute approximate surface area is 140 Å². The molecule has 128 valence electrons. The fourth-order valence-electron chi connectivity index (χ4n) is 1.80. The first-order valence-corrected chi connectivity index (χ1v) is 9.16. The summed E-state index contributed by atoms with van der Waals surface area (Å²) in [5.74, 6) is -3.10. The standard InChI is InChI=1S/C14H18O7S2/c1-14(2)19-12(15)11(13(16)20-14)21-23(17)8-6-18-5-3-10-4-7-22-9-10/h4,7,9,11H,3,5-6,8H2,1-2H3. The monoisotopic (exact) mass is 362 g/mol. The molecule has 0 bridgehead atoms. The van der Waals surface area contributed by atoms with Crippen LogP contribution in [0.15, 0.2) is 16.8 Å². The van der Waals surface area contributed by atoms with Gasteiger partial charge < -0.3 is 14.2 Å². The van der Waals surface area contributed by atoms with Crippen LogP contribution in [0.25, 0.3) is 0 Å². The third kappa shape index (κ3) is 5.69. The smallest absolute Gasteiger partial charge is 0.351 e. The fourth-order valence-corrected chi connectivity index (χ4v) is 3.22. The van der Waals surface area contributed by atoms with Crippen molar-refractivity contribution in [3.63, 3.8) is 0 Å². The van der Waals surface area contributed by atoms with Crippen LogP contribution in [-0.2, 0) is 45.5 Å². The summed E-state index contributed by atoms with van der Waals surface area (Å²) in [6.45, 7) is 3.54. The predicted octanol–water partition coefficient (Wildman–Crippen LogP) is 1.19. The minimum Gasteiger partial charge on any atom is -0.421 e. The maximum absolute atomic E-state index is 11.8. The van der Waals surface area contributed by atoms with Crippen LogP contribution in [0.4, 0.5) is 0 Å². The van der Waals surface area contributed by atoms with Gasteiger partial charge in [0.15, 0.2) is 11.1 Å². The van der Waals surface area contributed by atoms with Gasteiger partial charge in [0.1, 0.15) is 0 Å². The zero-order chi connectivity index (χ0) is 16.9. The molecule has 1 saturated heterocycles. The molecule has 0 saturated carbocycles. The van der Waals surface area contributed by atoms with Crippen LogP contribution >= 0.6 is 11.3 Å². The molecule has 1 aromatic heterocycles. The molecule has 9 heteroatoms. The minimum absolute atomic E-state index is 0.0457. The molecule has 0 radical (unpaired) electrons. The summed E-state index contributed by atoms with van der Waals surface area (Å²) in [4.78, 5) is 23.3. The summed E-state index contributed by atoms with van der Waals surface area (Å²) in [6, 6.07) is 2.01. The normalized spacial score (nSPS) is 19.2. The van der Waals surface area contributed by atoms with Crippen molar-refractivity contribution in [2.75, 3.05) is 19.0 Å². The highest BCUT2D eigenvalue weighted by molar-refractivity contribution is 7.80. The molecule has 1 aromatic rings. The lowest BCUT2D eigenvalue weighted by Gasteiger charge is -2.32. The van der Waals surface area contributed by atoms with Crippen molar-refractivity contribution >= 4 is 34.4 Å². The molecule has 2 rings (SSSR count). The van der Waals surface area contributed by atoms with Crippen LogP contribution < -0.4 is 0 Å². The van der Waals surface area contributed by atoms with E-state index in [0.29, 0.717) is 6.61 Å². The number of carbonyl (C=O) groups excluding carboxylic acids is 2. The molecular weight excluding hydrogens is 344 g/mol. The van der Waals surface area contributed by atoms with Gasteiger partial charge in [-0.1, -0.05) is 0 Å². The van der Waals surface area contributed by atoms with Crippen molar-refractivity contribution in [2.45, 2.75) is 32.2 Å². The van der Waals surface area contributed by atoms with Crippen molar-refractivity contribution in [2.24, 2.45) is 0 Å². The van der Waals surface area contributed by atoms with Gasteiger partial charge in [-0.2, -0.15) is 11.3 Å². The first-order chi connectivity index (χ1) is 10.9. The van der Waals surface area contributed by atoms with Crippen molar-refractivity contribution < 1.29 is 32.2 Å². The molecular formula is C14H18O7S2. The van der Waals surface area contributed by atoms with Crippen molar-refractivity contribution in [3.05, 3.63) is 22.4 Å². The average Bonchev–Trinajstić information content (AvgIpc) is 2.95. The fraction of sp³-hybridized carbons (Fsp3) is 0.571. The molecule has 1 unspecified atom stereocenters. The summed E-state index contributed by atoms with van der Waals surface area (Å²) in [7, 11) is 0. The van der Waals surface area contributed by atoms with Crippen molar-refractivity contribution in [1.29, 1.82) is 0 Å². The van der Waals surface area contributed by atoms with Crippen LogP contribution in [0.2, 0.25) is 0 Å². The Morgan fingerprint density at radius 3 is 2.57 bits per heavy atom. The summed E-state index contributed by atoms with van der Waals surface area (Å²) < 4.78 is 31.8. The maximum Gasteiger partial charge on any atom is 0.351 e. The van der Waals surface area contributed by atoms with Crippen LogP contribution in [0.3, 0.4) is 0 Å². The first-order valence-electron chi connectivity index (χ1n) is 6.97. The third-order valence-corrected chi connectivity index (χ3v) is 4.47. The quantitative estimate of drug-likeness (QED) is 0.390. The lowest BCUT2D eigenvalue weighted by atomic mass is 10.3. The molecule has 0 N–H and O–H groups in total. The van der Waals surface area contributed by atoms with Gasteiger partial charge in [0.2, 0.25) is 0 Å². The number of hydrogen-bond donors (Lipinski definition) is 0. The van der Waals surface area contributed by atoms with Crippen LogP contribution in [0.5, 0.6) is 0 Å². The van der Waals surface area contributed by atoms with Crippen molar-refractivity contribution in [1.82, 2.24) is 0 Å². The van der Waals surface area contributed by atoms with Gasteiger partial charge in [-0.3, -0.25) is 4.18 Å². The van der Waals surface area contributed by atoms with Crippen LogP contribution in [0.1, 0.15) is 19.4 Å². The number of esters is 2. The van der Waals surface area contributed by atoms with E-state index in [2.05, 4.69) is 0 Å². The van der Waals surface area contributed by atoms with Gasteiger partial charge >= 0.3 is 11.9 Å². The highest BCUT2D eigenvalue weighted by atomic mass is 32.2. The minimum atomic E-state index is -1.85. The number of ether oxygens (including phenoxy) is 3. The molecule has 23 heavy (non-hydrogen) atoms. The molecule has 7 nitrogen and oxygen atoms in total. The predicted molar refractivity (Wildman–Crippen MR) is 83.0 cm³/mol.